The molecule has 1 aliphatic rings. The van der Waals surface area contributed by atoms with Crippen molar-refractivity contribution >= 4 is 29.1 Å². The molecule has 2 amide bonds. The molecule has 0 atom stereocenters. The number of amides is 2. The third-order valence-electron chi connectivity index (χ3n) is 5.15. The Morgan fingerprint density at radius 2 is 1.86 bits per heavy atom. The van der Waals surface area contributed by atoms with Crippen molar-refractivity contribution in [1.82, 2.24) is 4.90 Å². The zero-order valence-electron chi connectivity index (χ0n) is 17.1. The van der Waals surface area contributed by atoms with E-state index in [2.05, 4.69) is 0 Å². The highest BCUT2D eigenvalue weighted by Crippen LogP contribution is 2.32. The Labute approximate surface area is 176 Å². The lowest BCUT2D eigenvalue weighted by Crippen LogP contribution is -2.28. The summed E-state index contributed by atoms with van der Waals surface area (Å²) in [5, 5.41) is 0.468. The molecule has 2 aromatic rings. The Morgan fingerprint density at radius 3 is 2.48 bits per heavy atom. The SMILES string of the molecule is COc1cc(C)c(CN(C)C(=O)c2ccc(Cl)c(N3CCCC3=O)c2)cc1OC. The molecule has 154 valence electrons. The number of methoxy groups -OCH3 is 2. The molecule has 0 radical (unpaired) electrons. The number of ether oxygens (including phenoxy) is 2. The Morgan fingerprint density at radius 1 is 1.17 bits per heavy atom. The summed E-state index contributed by atoms with van der Waals surface area (Å²) in [6, 6.07) is 8.84. The van der Waals surface area contributed by atoms with Gasteiger partial charge in [0.15, 0.2) is 11.5 Å². The van der Waals surface area contributed by atoms with Crippen molar-refractivity contribution in [1.29, 1.82) is 0 Å². The molecule has 7 heteroatoms. The maximum absolute atomic E-state index is 13.0. The minimum atomic E-state index is -0.149. The first kappa shape index (κ1) is 21.0. The van der Waals surface area contributed by atoms with Crippen LogP contribution in [0.25, 0.3) is 0 Å². The van der Waals surface area contributed by atoms with E-state index in [4.69, 9.17) is 21.1 Å². The van der Waals surface area contributed by atoms with Gasteiger partial charge in [0, 0.05) is 32.1 Å². The lowest BCUT2D eigenvalue weighted by Gasteiger charge is -2.22. The largest absolute Gasteiger partial charge is 0.493 e. The summed E-state index contributed by atoms with van der Waals surface area (Å²) < 4.78 is 10.7. The van der Waals surface area contributed by atoms with Gasteiger partial charge >= 0.3 is 0 Å². The molecule has 2 aromatic carbocycles. The molecular weight excluding hydrogens is 392 g/mol. The van der Waals surface area contributed by atoms with Crippen molar-refractivity contribution in [2.24, 2.45) is 0 Å². The number of rotatable bonds is 6. The van der Waals surface area contributed by atoms with Gasteiger partial charge in [-0.25, -0.2) is 0 Å². The first-order chi connectivity index (χ1) is 13.8. The van der Waals surface area contributed by atoms with Gasteiger partial charge in [0.2, 0.25) is 5.91 Å². The van der Waals surface area contributed by atoms with Crippen molar-refractivity contribution < 1.29 is 19.1 Å². The molecular formula is C22H25ClN2O4. The highest BCUT2D eigenvalue weighted by molar-refractivity contribution is 6.34. The number of hydrogen-bond acceptors (Lipinski definition) is 4. The summed E-state index contributed by atoms with van der Waals surface area (Å²) in [6.07, 6.45) is 1.30. The molecule has 0 N–H and O–H groups in total. The average Bonchev–Trinajstić information content (AvgIpc) is 3.14. The normalized spacial score (nSPS) is 13.6. The second-order valence-electron chi connectivity index (χ2n) is 7.11. The van der Waals surface area contributed by atoms with Gasteiger partial charge in [-0.15, -0.1) is 0 Å². The van der Waals surface area contributed by atoms with Gasteiger partial charge in [0.1, 0.15) is 0 Å². The van der Waals surface area contributed by atoms with E-state index in [1.807, 2.05) is 19.1 Å². The minimum Gasteiger partial charge on any atom is -0.493 e. The first-order valence-corrected chi connectivity index (χ1v) is 9.80. The van der Waals surface area contributed by atoms with E-state index >= 15 is 0 Å². The van der Waals surface area contributed by atoms with Crippen LogP contribution in [0.1, 0.15) is 34.3 Å². The highest BCUT2D eigenvalue weighted by Gasteiger charge is 2.25. The van der Waals surface area contributed by atoms with Gasteiger partial charge in [-0.3, -0.25) is 9.59 Å². The Balaban J connectivity index is 1.83. The van der Waals surface area contributed by atoms with Crippen molar-refractivity contribution in [3.05, 3.63) is 52.0 Å². The zero-order valence-corrected chi connectivity index (χ0v) is 17.9. The number of carbonyl (C=O) groups is 2. The quantitative estimate of drug-likeness (QED) is 0.712. The van der Waals surface area contributed by atoms with E-state index in [0.29, 0.717) is 47.3 Å². The summed E-state index contributed by atoms with van der Waals surface area (Å²) in [5.74, 6) is 1.16. The van der Waals surface area contributed by atoms with Crippen LogP contribution in [0, 0.1) is 6.92 Å². The molecule has 1 aliphatic heterocycles. The second kappa shape index (κ2) is 8.74. The predicted octanol–water partition coefficient (Wildman–Crippen LogP) is 4.06. The predicted molar refractivity (Wildman–Crippen MR) is 113 cm³/mol. The molecule has 0 aliphatic carbocycles. The molecule has 0 bridgehead atoms. The Kier molecular flexibility index (Phi) is 6.33. The number of aryl methyl sites for hydroxylation is 1. The third kappa shape index (κ3) is 4.32. The smallest absolute Gasteiger partial charge is 0.253 e. The van der Waals surface area contributed by atoms with Crippen LogP contribution in [0.5, 0.6) is 11.5 Å². The Hall–Kier alpha value is -2.73. The van der Waals surface area contributed by atoms with Crippen LogP contribution in [0.15, 0.2) is 30.3 Å². The summed E-state index contributed by atoms with van der Waals surface area (Å²) in [5.41, 5.74) is 3.05. The summed E-state index contributed by atoms with van der Waals surface area (Å²) in [4.78, 5) is 28.4. The number of carbonyl (C=O) groups excluding carboxylic acids is 2. The molecule has 29 heavy (non-hydrogen) atoms. The molecule has 0 unspecified atom stereocenters. The monoisotopic (exact) mass is 416 g/mol. The topological polar surface area (TPSA) is 59.1 Å². The van der Waals surface area contributed by atoms with Crippen molar-refractivity contribution in [3.63, 3.8) is 0 Å². The zero-order chi connectivity index (χ0) is 21.1. The number of hydrogen-bond donors (Lipinski definition) is 0. The fourth-order valence-corrected chi connectivity index (χ4v) is 3.72. The standard InChI is InChI=1S/C22H25ClN2O4/c1-14-10-19(28-3)20(29-4)12-16(14)13-24(2)22(27)15-7-8-17(23)18(11-15)25-9-5-6-21(25)26/h7-8,10-12H,5-6,9,13H2,1-4H3. The van der Waals surface area contributed by atoms with E-state index in [-0.39, 0.29) is 11.8 Å². The molecule has 0 spiro atoms. The molecule has 1 fully saturated rings. The van der Waals surface area contributed by atoms with Crippen molar-refractivity contribution in [2.45, 2.75) is 26.3 Å². The van der Waals surface area contributed by atoms with E-state index in [9.17, 15) is 9.59 Å². The van der Waals surface area contributed by atoms with E-state index in [1.165, 1.54) is 0 Å². The van der Waals surface area contributed by atoms with Crippen LogP contribution < -0.4 is 14.4 Å². The van der Waals surface area contributed by atoms with Gasteiger partial charge in [-0.05, 0) is 54.8 Å². The minimum absolute atomic E-state index is 0.0332. The summed E-state index contributed by atoms with van der Waals surface area (Å²) >= 11 is 6.29. The Bertz CT molecular complexity index is 945. The van der Waals surface area contributed by atoms with E-state index in [0.717, 1.165) is 17.5 Å². The average molecular weight is 417 g/mol. The molecule has 6 nitrogen and oxygen atoms in total. The molecule has 3 rings (SSSR count). The number of nitrogens with zero attached hydrogens (tertiary/aromatic N) is 2. The van der Waals surface area contributed by atoms with Crippen LogP contribution in [0.3, 0.4) is 0 Å². The van der Waals surface area contributed by atoms with Crippen LogP contribution in [-0.4, -0.2) is 44.5 Å². The number of benzene rings is 2. The van der Waals surface area contributed by atoms with Gasteiger partial charge < -0.3 is 19.3 Å². The van der Waals surface area contributed by atoms with Crippen molar-refractivity contribution in [3.8, 4) is 11.5 Å². The third-order valence-corrected chi connectivity index (χ3v) is 5.47. The molecule has 1 heterocycles. The van der Waals surface area contributed by atoms with Crippen LogP contribution in [-0.2, 0) is 11.3 Å². The highest BCUT2D eigenvalue weighted by atomic mass is 35.5. The number of halogens is 1. The molecule has 0 saturated carbocycles. The van der Waals surface area contributed by atoms with Gasteiger partial charge in [0.05, 0.1) is 24.9 Å². The van der Waals surface area contributed by atoms with Crippen molar-refractivity contribution in [2.75, 3.05) is 32.7 Å². The van der Waals surface area contributed by atoms with E-state index < -0.39 is 0 Å². The second-order valence-corrected chi connectivity index (χ2v) is 7.52. The molecule has 1 saturated heterocycles. The fraction of sp³-hybridized carbons (Fsp3) is 0.364. The molecule has 0 aromatic heterocycles. The van der Waals surface area contributed by atoms with Gasteiger partial charge in [-0.1, -0.05) is 11.6 Å². The van der Waals surface area contributed by atoms with E-state index in [1.54, 1.807) is 49.3 Å². The van der Waals surface area contributed by atoms with Crippen LogP contribution in [0.4, 0.5) is 5.69 Å². The summed E-state index contributed by atoms with van der Waals surface area (Å²) in [6.45, 7) is 3.00. The number of anilines is 1. The first-order valence-electron chi connectivity index (χ1n) is 9.42. The maximum atomic E-state index is 13.0. The maximum Gasteiger partial charge on any atom is 0.253 e. The van der Waals surface area contributed by atoms with Crippen LogP contribution >= 0.6 is 11.6 Å². The fourth-order valence-electron chi connectivity index (χ4n) is 3.50. The van der Waals surface area contributed by atoms with Gasteiger partial charge in [0.25, 0.3) is 5.91 Å². The van der Waals surface area contributed by atoms with Crippen LogP contribution in [0.2, 0.25) is 5.02 Å². The van der Waals surface area contributed by atoms with Gasteiger partial charge in [-0.2, -0.15) is 0 Å². The lowest BCUT2D eigenvalue weighted by atomic mass is 10.1. The summed E-state index contributed by atoms with van der Waals surface area (Å²) in [7, 11) is 4.92. The lowest BCUT2D eigenvalue weighted by molar-refractivity contribution is -0.117.